The van der Waals surface area contributed by atoms with Crippen LogP contribution in [0.4, 0.5) is 0 Å². The Morgan fingerprint density at radius 3 is 2.44 bits per heavy atom. The van der Waals surface area contributed by atoms with Gasteiger partial charge in [-0.2, -0.15) is 0 Å². The summed E-state index contributed by atoms with van der Waals surface area (Å²) in [5.41, 5.74) is 5.83. The van der Waals surface area contributed by atoms with E-state index in [-0.39, 0.29) is 5.91 Å². The quantitative estimate of drug-likeness (QED) is 0.762. The first kappa shape index (κ1) is 12.4. The van der Waals surface area contributed by atoms with E-state index in [9.17, 15) is 4.79 Å². The Kier molecular flexibility index (Phi) is 3.32. The molecule has 0 aromatic rings. The highest BCUT2D eigenvalue weighted by molar-refractivity contribution is 5.73. The number of likely N-dealkylation sites (tertiary alicyclic amines) is 1. The Hall–Kier alpha value is -0.610. The lowest BCUT2D eigenvalue weighted by Gasteiger charge is -2.52. The van der Waals surface area contributed by atoms with Gasteiger partial charge in [0.2, 0.25) is 5.91 Å². The molecule has 0 aromatic carbocycles. The molecule has 4 nitrogen and oxygen atoms in total. The van der Waals surface area contributed by atoms with Crippen molar-refractivity contribution in [2.75, 3.05) is 19.6 Å². The molecule has 3 fully saturated rings. The Morgan fingerprint density at radius 1 is 1.22 bits per heavy atom. The smallest absolute Gasteiger partial charge is 0.218 e. The normalized spacial score (nSPS) is 28.2. The summed E-state index contributed by atoms with van der Waals surface area (Å²) in [4.78, 5) is 13.2. The van der Waals surface area contributed by atoms with Crippen molar-refractivity contribution in [3.8, 4) is 0 Å². The summed E-state index contributed by atoms with van der Waals surface area (Å²) >= 11 is 0. The van der Waals surface area contributed by atoms with Crippen molar-refractivity contribution < 1.29 is 4.79 Å². The second-order valence-electron chi connectivity index (χ2n) is 6.60. The predicted molar refractivity (Wildman–Crippen MR) is 71.1 cm³/mol. The third-order valence-corrected chi connectivity index (χ3v) is 5.00. The number of hydrogen-bond donors (Lipinski definition) is 2. The fourth-order valence-electron chi connectivity index (χ4n) is 3.61. The van der Waals surface area contributed by atoms with E-state index in [2.05, 4.69) is 10.2 Å². The van der Waals surface area contributed by atoms with Gasteiger partial charge in [0.1, 0.15) is 0 Å². The molecular formula is C14H25N3O. The average molecular weight is 251 g/mol. The molecule has 0 aromatic heterocycles. The van der Waals surface area contributed by atoms with Crippen LogP contribution in [0.5, 0.6) is 0 Å². The van der Waals surface area contributed by atoms with Crippen molar-refractivity contribution in [1.29, 1.82) is 0 Å². The molecule has 2 saturated carbocycles. The van der Waals surface area contributed by atoms with E-state index in [1.165, 1.54) is 38.5 Å². The van der Waals surface area contributed by atoms with Crippen molar-refractivity contribution in [3.63, 3.8) is 0 Å². The molecule has 18 heavy (non-hydrogen) atoms. The van der Waals surface area contributed by atoms with Crippen molar-refractivity contribution >= 4 is 5.91 Å². The number of piperidine rings is 1. The fraction of sp³-hybridized carbons (Fsp3) is 0.929. The van der Waals surface area contributed by atoms with Gasteiger partial charge in [-0.05, 0) is 57.0 Å². The maximum atomic E-state index is 10.8. The van der Waals surface area contributed by atoms with Gasteiger partial charge in [0, 0.05) is 25.0 Å². The molecule has 3 aliphatic rings. The number of hydrogen-bond acceptors (Lipinski definition) is 3. The van der Waals surface area contributed by atoms with Crippen LogP contribution in [0.3, 0.4) is 0 Å². The van der Waals surface area contributed by atoms with Gasteiger partial charge in [0.25, 0.3) is 0 Å². The molecule has 0 bridgehead atoms. The Morgan fingerprint density at radius 2 is 1.89 bits per heavy atom. The Balaban J connectivity index is 1.36. The van der Waals surface area contributed by atoms with E-state index in [1.54, 1.807) is 0 Å². The van der Waals surface area contributed by atoms with Crippen LogP contribution in [0.2, 0.25) is 0 Å². The van der Waals surface area contributed by atoms with Crippen LogP contribution in [0.15, 0.2) is 0 Å². The minimum absolute atomic E-state index is 0.173. The summed E-state index contributed by atoms with van der Waals surface area (Å²) in [6.45, 7) is 3.17. The summed E-state index contributed by atoms with van der Waals surface area (Å²) in [6, 6.07) is 1.65. The Bertz CT molecular complexity index is 311. The lowest BCUT2D eigenvalue weighted by atomic mass is 9.60. The zero-order chi connectivity index (χ0) is 12.6. The van der Waals surface area contributed by atoms with Gasteiger partial charge in [-0.1, -0.05) is 0 Å². The maximum Gasteiger partial charge on any atom is 0.218 e. The minimum Gasteiger partial charge on any atom is -0.370 e. The summed E-state index contributed by atoms with van der Waals surface area (Å²) in [7, 11) is 0. The molecule has 0 unspecified atom stereocenters. The lowest BCUT2D eigenvalue weighted by Crippen LogP contribution is -2.54. The zero-order valence-electron chi connectivity index (χ0n) is 11.2. The summed E-state index contributed by atoms with van der Waals surface area (Å²) < 4.78 is 0. The first-order chi connectivity index (χ1) is 8.65. The van der Waals surface area contributed by atoms with Crippen LogP contribution >= 0.6 is 0 Å². The molecule has 0 atom stereocenters. The number of carbonyl (C=O) groups excluding carboxylic acids is 1. The molecule has 0 radical (unpaired) electrons. The summed E-state index contributed by atoms with van der Waals surface area (Å²) in [5, 5.41) is 3.74. The van der Waals surface area contributed by atoms with Gasteiger partial charge < -0.3 is 16.0 Å². The van der Waals surface area contributed by atoms with Gasteiger partial charge in [-0.15, -0.1) is 0 Å². The average Bonchev–Trinajstić information content (AvgIpc) is 3.10. The summed E-state index contributed by atoms with van der Waals surface area (Å²) in [6.07, 6.45) is 8.69. The third-order valence-electron chi connectivity index (χ3n) is 5.00. The monoisotopic (exact) mass is 251 g/mol. The lowest BCUT2D eigenvalue weighted by molar-refractivity contribution is -0.118. The molecule has 1 amide bonds. The van der Waals surface area contributed by atoms with Crippen LogP contribution in [0, 0.1) is 5.41 Å². The molecular weight excluding hydrogens is 226 g/mol. The molecule has 3 rings (SSSR count). The first-order valence-electron chi connectivity index (χ1n) is 7.42. The molecule has 1 aliphatic heterocycles. The van der Waals surface area contributed by atoms with E-state index in [4.69, 9.17) is 5.73 Å². The number of rotatable bonds is 5. The molecule has 2 aliphatic carbocycles. The second kappa shape index (κ2) is 4.82. The maximum absolute atomic E-state index is 10.8. The number of carbonyl (C=O) groups is 1. The first-order valence-corrected chi connectivity index (χ1v) is 7.42. The fourth-order valence-corrected chi connectivity index (χ4v) is 3.61. The van der Waals surface area contributed by atoms with Gasteiger partial charge >= 0.3 is 0 Å². The van der Waals surface area contributed by atoms with Gasteiger partial charge in [0.15, 0.2) is 0 Å². The highest BCUT2D eigenvalue weighted by atomic mass is 16.1. The van der Waals surface area contributed by atoms with Gasteiger partial charge in [-0.25, -0.2) is 0 Å². The topological polar surface area (TPSA) is 58.4 Å². The number of amides is 1. The highest BCUT2D eigenvalue weighted by Crippen LogP contribution is 2.49. The van der Waals surface area contributed by atoms with Crippen LogP contribution in [-0.4, -0.2) is 42.5 Å². The van der Waals surface area contributed by atoms with Gasteiger partial charge in [-0.3, -0.25) is 4.79 Å². The highest BCUT2D eigenvalue weighted by Gasteiger charge is 2.46. The molecule has 1 saturated heterocycles. The van der Waals surface area contributed by atoms with Crippen molar-refractivity contribution in [2.45, 2.75) is 57.0 Å². The molecule has 102 valence electrons. The van der Waals surface area contributed by atoms with Crippen LogP contribution in [-0.2, 0) is 4.79 Å². The SMILES string of the molecule is NC(=O)CCN1CCC2(CC1)CC(NC1CC1)C2. The van der Waals surface area contributed by atoms with Crippen molar-refractivity contribution in [1.82, 2.24) is 10.2 Å². The van der Waals surface area contributed by atoms with E-state index in [0.717, 1.165) is 31.7 Å². The number of primary amides is 1. The number of nitrogens with zero attached hydrogens (tertiary/aromatic N) is 1. The van der Waals surface area contributed by atoms with E-state index < -0.39 is 0 Å². The Labute approximate surface area is 109 Å². The second-order valence-corrected chi connectivity index (χ2v) is 6.60. The van der Waals surface area contributed by atoms with E-state index in [1.807, 2.05) is 0 Å². The van der Waals surface area contributed by atoms with Crippen LogP contribution in [0.1, 0.15) is 44.9 Å². The largest absolute Gasteiger partial charge is 0.370 e. The van der Waals surface area contributed by atoms with Gasteiger partial charge in [0.05, 0.1) is 0 Å². The van der Waals surface area contributed by atoms with Crippen LogP contribution < -0.4 is 11.1 Å². The minimum atomic E-state index is -0.173. The van der Waals surface area contributed by atoms with Crippen LogP contribution in [0.25, 0.3) is 0 Å². The van der Waals surface area contributed by atoms with Crippen molar-refractivity contribution in [3.05, 3.63) is 0 Å². The predicted octanol–water partition coefficient (Wildman–Crippen LogP) is 0.858. The zero-order valence-corrected chi connectivity index (χ0v) is 11.2. The van der Waals surface area contributed by atoms with Crippen molar-refractivity contribution in [2.24, 2.45) is 11.1 Å². The molecule has 3 N–H and O–H groups in total. The molecule has 4 heteroatoms. The third kappa shape index (κ3) is 2.86. The summed E-state index contributed by atoms with van der Waals surface area (Å²) in [5.74, 6) is -0.173. The number of nitrogens with two attached hydrogens (primary N) is 1. The molecule has 1 heterocycles. The number of nitrogens with one attached hydrogen (secondary N) is 1. The standard InChI is InChI=1S/C14H25N3O/c15-13(18)3-6-17-7-4-14(5-8-17)9-12(10-14)16-11-1-2-11/h11-12,16H,1-10H2,(H2,15,18). The molecule has 1 spiro atoms. The van der Waals surface area contributed by atoms with E-state index in [0.29, 0.717) is 11.8 Å². The van der Waals surface area contributed by atoms with E-state index >= 15 is 0 Å².